The number of hydrogen-bond acceptors (Lipinski definition) is 4. The molecule has 1 N–H and O–H groups in total. The van der Waals surface area contributed by atoms with Crippen molar-refractivity contribution >= 4 is 12.1 Å². The zero-order valence-corrected chi connectivity index (χ0v) is 12.2. The first kappa shape index (κ1) is 15.8. The number of carboxylic acid groups (broad SMARTS) is 1. The molecule has 1 heterocycles. The van der Waals surface area contributed by atoms with Crippen LogP contribution in [-0.2, 0) is 14.3 Å². The number of ether oxygens (including phenoxy) is 2. The molecule has 0 aliphatic carbocycles. The van der Waals surface area contributed by atoms with Crippen LogP contribution in [0.2, 0.25) is 0 Å². The Hall–Kier alpha value is -1.30. The Morgan fingerprint density at radius 3 is 2.32 bits per heavy atom. The van der Waals surface area contributed by atoms with E-state index in [2.05, 4.69) is 0 Å². The van der Waals surface area contributed by atoms with Gasteiger partial charge < -0.3 is 19.5 Å². The van der Waals surface area contributed by atoms with E-state index in [9.17, 15) is 14.7 Å². The highest BCUT2D eigenvalue weighted by Crippen LogP contribution is 2.32. The Morgan fingerprint density at radius 2 is 1.95 bits per heavy atom. The van der Waals surface area contributed by atoms with Crippen molar-refractivity contribution in [2.75, 3.05) is 20.2 Å². The SMILES string of the molecule is COC1(C(=O)O)CCN(C(=O)OC(C)(C)C)CC1C. The molecular formula is C13H23NO5. The summed E-state index contributed by atoms with van der Waals surface area (Å²) in [6.07, 6.45) is -0.145. The Labute approximate surface area is 113 Å². The molecule has 0 radical (unpaired) electrons. The predicted molar refractivity (Wildman–Crippen MR) is 69.0 cm³/mol. The molecule has 6 nitrogen and oxygen atoms in total. The van der Waals surface area contributed by atoms with Gasteiger partial charge in [-0.3, -0.25) is 0 Å². The van der Waals surface area contributed by atoms with Crippen LogP contribution >= 0.6 is 0 Å². The number of likely N-dealkylation sites (tertiary alicyclic amines) is 1. The van der Waals surface area contributed by atoms with Gasteiger partial charge in [-0.15, -0.1) is 0 Å². The fourth-order valence-electron chi connectivity index (χ4n) is 2.32. The van der Waals surface area contributed by atoms with Crippen LogP contribution in [-0.4, -0.2) is 53.5 Å². The number of carbonyl (C=O) groups excluding carboxylic acids is 1. The normalized spacial score (nSPS) is 28.1. The summed E-state index contributed by atoms with van der Waals surface area (Å²) in [7, 11) is 1.40. The number of carboxylic acids is 1. The number of nitrogens with zero attached hydrogens (tertiary/aromatic N) is 1. The smallest absolute Gasteiger partial charge is 0.410 e. The topological polar surface area (TPSA) is 76.1 Å². The Morgan fingerprint density at radius 1 is 1.37 bits per heavy atom. The van der Waals surface area contributed by atoms with Gasteiger partial charge in [0.1, 0.15) is 5.60 Å². The van der Waals surface area contributed by atoms with Gasteiger partial charge in [-0.05, 0) is 20.8 Å². The highest BCUT2D eigenvalue weighted by atomic mass is 16.6. The zero-order valence-electron chi connectivity index (χ0n) is 12.2. The maximum atomic E-state index is 11.9. The monoisotopic (exact) mass is 273 g/mol. The first-order chi connectivity index (χ1) is 8.62. The van der Waals surface area contributed by atoms with Crippen molar-refractivity contribution in [3.8, 4) is 0 Å². The molecule has 0 aromatic carbocycles. The van der Waals surface area contributed by atoms with Gasteiger partial charge in [0.05, 0.1) is 0 Å². The van der Waals surface area contributed by atoms with Crippen LogP contribution in [0.25, 0.3) is 0 Å². The third-order valence-electron chi connectivity index (χ3n) is 3.42. The second-order valence-electron chi connectivity index (χ2n) is 5.98. The second kappa shape index (κ2) is 5.36. The quantitative estimate of drug-likeness (QED) is 0.829. The molecule has 0 bridgehead atoms. The highest BCUT2D eigenvalue weighted by Gasteiger charge is 2.48. The number of carbonyl (C=O) groups is 2. The molecule has 19 heavy (non-hydrogen) atoms. The first-order valence-electron chi connectivity index (χ1n) is 6.39. The number of rotatable bonds is 2. The Kier molecular flexibility index (Phi) is 4.45. The molecule has 1 fully saturated rings. The van der Waals surface area contributed by atoms with Crippen molar-refractivity contribution in [3.63, 3.8) is 0 Å². The molecule has 0 saturated carbocycles. The van der Waals surface area contributed by atoms with Gasteiger partial charge in [0.2, 0.25) is 0 Å². The molecule has 1 aliphatic rings. The van der Waals surface area contributed by atoms with Crippen molar-refractivity contribution in [1.82, 2.24) is 4.90 Å². The Bertz CT molecular complexity index is 363. The fourth-order valence-corrected chi connectivity index (χ4v) is 2.32. The molecule has 1 saturated heterocycles. The van der Waals surface area contributed by atoms with Gasteiger partial charge >= 0.3 is 12.1 Å². The number of methoxy groups -OCH3 is 1. The first-order valence-corrected chi connectivity index (χ1v) is 6.39. The summed E-state index contributed by atoms with van der Waals surface area (Å²) in [5.74, 6) is -1.28. The van der Waals surface area contributed by atoms with E-state index in [1.807, 2.05) is 0 Å². The standard InChI is InChI=1S/C13H23NO5/c1-9-8-14(11(17)19-12(2,3)4)7-6-13(9,18-5)10(15)16/h9H,6-8H2,1-5H3,(H,15,16). The number of piperidine rings is 1. The zero-order chi connectivity index (χ0) is 14.8. The van der Waals surface area contributed by atoms with Gasteiger partial charge in [-0.25, -0.2) is 9.59 Å². The van der Waals surface area contributed by atoms with E-state index in [1.165, 1.54) is 12.0 Å². The summed E-state index contributed by atoms with van der Waals surface area (Å²) in [4.78, 5) is 24.8. The van der Waals surface area contributed by atoms with Crippen molar-refractivity contribution in [3.05, 3.63) is 0 Å². The van der Waals surface area contributed by atoms with Crippen molar-refractivity contribution < 1.29 is 24.2 Å². The largest absolute Gasteiger partial charge is 0.479 e. The average molecular weight is 273 g/mol. The summed E-state index contributed by atoms with van der Waals surface area (Å²) >= 11 is 0. The minimum atomic E-state index is -1.21. The van der Waals surface area contributed by atoms with Crippen molar-refractivity contribution in [2.45, 2.75) is 45.3 Å². The number of hydrogen-bond donors (Lipinski definition) is 1. The molecular weight excluding hydrogens is 250 g/mol. The van der Waals surface area contributed by atoms with Crippen LogP contribution in [0.3, 0.4) is 0 Å². The maximum Gasteiger partial charge on any atom is 0.410 e. The van der Waals surface area contributed by atoms with Gasteiger partial charge in [-0.2, -0.15) is 0 Å². The van der Waals surface area contributed by atoms with E-state index in [0.29, 0.717) is 13.1 Å². The second-order valence-corrected chi connectivity index (χ2v) is 5.98. The number of aliphatic carboxylic acids is 1. The molecule has 2 unspecified atom stereocenters. The lowest BCUT2D eigenvalue weighted by molar-refractivity contribution is -0.176. The van der Waals surface area contributed by atoms with Crippen LogP contribution in [0.1, 0.15) is 34.1 Å². The lowest BCUT2D eigenvalue weighted by Gasteiger charge is -2.42. The molecule has 1 aliphatic heterocycles. The average Bonchev–Trinajstić information content (AvgIpc) is 2.26. The van der Waals surface area contributed by atoms with Crippen molar-refractivity contribution in [1.29, 1.82) is 0 Å². The van der Waals surface area contributed by atoms with E-state index >= 15 is 0 Å². The molecule has 2 atom stereocenters. The van der Waals surface area contributed by atoms with Crippen LogP contribution < -0.4 is 0 Å². The highest BCUT2D eigenvalue weighted by molar-refractivity contribution is 5.79. The van der Waals surface area contributed by atoms with Gasteiger partial charge in [-0.1, -0.05) is 6.92 Å². The molecule has 1 rings (SSSR count). The molecule has 6 heteroatoms. The predicted octanol–water partition coefficient (Wildman–Crippen LogP) is 1.73. The Balaban J connectivity index is 2.73. The molecule has 0 aromatic rings. The minimum absolute atomic E-state index is 0.263. The van der Waals surface area contributed by atoms with Gasteiger partial charge in [0.25, 0.3) is 0 Å². The van der Waals surface area contributed by atoms with Gasteiger partial charge in [0, 0.05) is 32.5 Å². The van der Waals surface area contributed by atoms with Crippen LogP contribution in [0, 0.1) is 5.92 Å². The fraction of sp³-hybridized carbons (Fsp3) is 0.846. The van der Waals surface area contributed by atoms with E-state index in [4.69, 9.17) is 9.47 Å². The molecule has 110 valence electrons. The van der Waals surface area contributed by atoms with Gasteiger partial charge in [0.15, 0.2) is 5.60 Å². The number of amides is 1. The van der Waals surface area contributed by atoms with Crippen LogP contribution in [0.4, 0.5) is 4.79 Å². The molecule has 0 aromatic heterocycles. The summed E-state index contributed by atoms with van der Waals surface area (Å²) in [6, 6.07) is 0. The van der Waals surface area contributed by atoms with E-state index < -0.39 is 23.3 Å². The summed E-state index contributed by atoms with van der Waals surface area (Å²) in [6.45, 7) is 7.81. The lowest BCUT2D eigenvalue weighted by Crippen LogP contribution is -2.58. The van der Waals surface area contributed by atoms with E-state index in [1.54, 1.807) is 27.7 Å². The minimum Gasteiger partial charge on any atom is -0.479 e. The third-order valence-corrected chi connectivity index (χ3v) is 3.42. The van der Waals surface area contributed by atoms with Crippen LogP contribution in [0.15, 0.2) is 0 Å². The molecule has 1 amide bonds. The summed E-state index contributed by atoms with van der Waals surface area (Å²) in [5, 5.41) is 9.31. The van der Waals surface area contributed by atoms with E-state index in [0.717, 1.165) is 0 Å². The summed E-state index contributed by atoms with van der Waals surface area (Å²) in [5.41, 5.74) is -1.76. The summed E-state index contributed by atoms with van der Waals surface area (Å²) < 4.78 is 10.5. The molecule has 0 spiro atoms. The van der Waals surface area contributed by atoms with E-state index in [-0.39, 0.29) is 12.3 Å². The lowest BCUT2D eigenvalue weighted by atomic mass is 9.82. The maximum absolute atomic E-state index is 11.9. The third kappa shape index (κ3) is 3.37. The van der Waals surface area contributed by atoms with Crippen molar-refractivity contribution in [2.24, 2.45) is 5.92 Å². The van der Waals surface area contributed by atoms with Crippen LogP contribution in [0.5, 0.6) is 0 Å².